The number of anilines is 6. The fourth-order valence-electron chi connectivity index (χ4n) is 13.8. The highest BCUT2D eigenvalue weighted by atomic mass is 32.1. The van der Waals surface area contributed by atoms with Crippen LogP contribution in [0, 0.1) is 0 Å². The molecule has 2 nitrogen and oxygen atoms in total. The zero-order valence-electron chi connectivity index (χ0n) is 41.1. The SMILES string of the molecule is CC(C)(C)c1ccc(N2c3cccc4c3B(c3cc5c(cc3N4c3ccc4c(c3)C(C)(C)CCC4(C)C)C(C)(C)CCC5(C)C)c3sc4cc5c(cc4c32)C2(C)CCC5(C)CC2)cc1. The first kappa shape index (κ1) is 41.2. The van der Waals surface area contributed by atoms with Crippen LogP contribution in [0.5, 0.6) is 0 Å². The topological polar surface area (TPSA) is 6.48 Å². The van der Waals surface area contributed by atoms with Crippen molar-refractivity contribution in [3.05, 3.63) is 124 Å². The van der Waals surface area contributed by atoms with E-state index in [4.69, 9.17) is 0 Å². The molecule has 2 aliphatic heterocycles. The van der Waals surface area contributed by atoms with Gasteiger partial charge in [0.25, 0.3) is 6.71 Å². The number of hydrogen-bond acceptors (Lipinski definition) is 3. The summed E-state index contributed by atoms with van der Waals surface area (Å²) in [6.07, 6.45) is 10.00. The van der Waals surface area contributed by atoms with Crippen molar-refractivity contribution in [3.8, 4) is 0 Å². The number of thiophene rings is 1. The largest absolute Gasteiger partial charge is 0.311 e. The first-order valence-corrected chi connectivity index (χ1v) is 25.6. The number of rotatable bonds is 2. The predicted octanol–water partition coefficient (Wildman–Crippen LogP) is 15.1. The summed E-state index contributed by atoms with van der Waals surface area (Å²) in [6.45, 7) is 32.1. The van der Waals surface area contributed by atoms with E-state index in [-0.39, 0.29) is 44.6 Å². The van der Waals surface area contributed by atoms with E-state index in [1.54, 1.807) is 16.7 Å². The fraction of sp³-hybridized carbons (Fsp3) is 0.467. The molecule has 4 heteroatoms. The second-order valence-electron chi connectivity index (χ2n) is 25.7. The van der Waals surface area contributed by atoms with Gasteiger partial charge in [-0.05, 0) is 194 Å². The van der Waals surface area contributed by atoms with Crippen LogP contribution in [0.2, 0.25) is 0 Å². The average Bonchev–Trinajstić information content (AvgIpc) is 3.62. The number of benzene rings is 5. The van der Waals surface area contributed by atoms with Gasteiger partial charge in [0.2, 0.25) is 0 Å². The van der Waals surface area contributed by atoms with Gasteiger partial charge in [-0.3, -0.25) is 0 Å². The van der Waals surface area contributed by atoms with E-state index in [2.05, 4.69) is 196 Å². The summed E-state index contributed by atoms with van der Waals surface area (Å²) in [5.41, 5.74) is 22.6. The fourth-order valence-corrected chi connectivity index (χ4v) is 15.1. The Labute approximate surface area is 389 Å². The number of hydrogen-bond donors (Lipinski definition) is 0. The molecular weight excluding hydrogens is 792 g/mol. The van der Waals surface area contributed by atoms with Gasteiger partial charge in [0.1, 0.15) is 0 Å². The lowest BCUT2D eigenvalue weighted by atomic mass is 9.35. The minimum atomic E-state index is 0.0754. The molecule has 0 amide bonds. The molecule has 5 aliphatic carbocycles. The van der Waals surface area contributed by atoms with Crippen LogP contribution in [0.15, 0.2) is 84.9 Å². The predicted molar refractivity (Wildman–Crippen MR) is 278 cm³/mol. The molecule has 0 unspecified atom stereocenters. The van der Waals surface area contributed by atoms with Crippen molar-refractivity contribution in [2.45, 2.75) is 179 Å². The van der Waals surface area contributed by atoms with Crippen molar-refractivity contribution in [1.29, 1.82) is 0 Å². The molecule has 6 aromatic rings. The maximum Gasteiger partial charge on any atom is 0.264 e. The summed E-state index contributed by atoms with van der Waals surface area (Å²) >= 11 is 2.10. The summed E-state index contributed by atoms with van der Waals surface area (Å²) < 4.78 is 2.96. The van der Waals surface area contributed by atoms with E-state index in [1.807, 2.05) is 0 Å². The van der Waals surface area contributed by atoms with Gasteiger partial charge in [0, 0.05) is 43.3 Å². The molecule has 13 rings (SSSR count). The molecule has 7 aliphatic rings. The van der Waals surface area contributed by atoms with Gasteiger partial charge in [-0.25, -0.2) is 0 Å². The number of fused-ring (bicyclic) bond motifs is 10. The molecule has 2 bridgehead atoms. The van der Waals surface area contributed by atoms with Gasteiger partial charge >= 0.3 is 0 Å². The molecule has 1 fully saturated rings. The Morgan fingerprint density at radius 1 is 0.484 bits per heavy atom. The second-order valence-corrected chi connectivity index (χ2v) is 26.7. The van der Waals surface area contributed by atoms with Gasteiger partial charge in [-0.2, -0.15) is 0 Å². The average molecular weight is 861 g/mol. The first-order chi connectivity index (χ1) is 30.0. The monoisotopic (exact) mass is 861 g/mol. The van der Waals surface area contributed by atoms with Crippen LogP contribution in [0.3, 0.4) is 0 Å². The van der Waals surface area contributed by atoms with E-state index in [9.17, 15) is 0 Å². The summed E-state index contributed by atoms with van der Waals surface area (Å²) in [5, 5.41) is 1.44. The Morgan fingerprint density at radius 3 is 1.59 bits per heavy atom. The van der Waals surface area contributed by atoms with E-state index in [0.29, 0.717) is 0 Å². The van der Waals surface area contributed by atoms with Crippen molar-refractivity contribution in [2.75, 3.05) is 9.80 Å². The van der Waals surface area contributed by atoms with Crippen LogP contribution in [-0.4, -0.2) is 6.71 Å². The van der Waals surface area contributed by atoms with E-state index < -0.39 is 0 Å². The minimum Gasteiger partial charge on any atom is -0.311 e. The van der Waals surface area contributed by atoms with E-state index in [0.717, 1.165) is 0 Å². The number of nitrogens with zero attached hydrogens (tertiary/aromatic N) is 2. The molecule has 3 heterocycles. The van der Waals surface area contributed by atoms with Gasteiger partial charge in [-0.15, -0.1) is 11.3 Å². The third kappa shape index (κ3) is 5.56. The maximum atomic E-state index is 2.73. The molecule has 1 aromatic heterocycles. The van der Waals surface area contributed by atoms with Crippen LogP contribution in [0.1, 0.15) is 180 Å². The lowest BCUT2D eigenvalue weighted by Crippen LogP contribution is -2.61. The standard InChI is InChI=1S/C60H69BN2S/c1-54(2,3)36-17-19-37(20-18-36)63-48-16-14-15-47-51(48)61(53-52(63)39-32-44-45(35-50(39)64-53)60(13)29-27-59(44,12)28-30-60)46-33-42-43(58(10,11)26-25-57(42,8)9)34-49(46)62(47)38-21-22-40-41(31-38)56(6,7)24-23-55(40,4)5/h14-22,31-35H,23-30H2,1-13H3. The maximum absolute atomic E-state index is 2.73. The molecule has 5 aromatic carbocycles. The minimum absolute atomic E-state index is 0.0754. The summed E-state index contributed by atoms with van der Waals surface area (Å²) in [4.78, 5) is 5.40. The zero-order valence-corrected chi connectivity index (χ0v) is 41.9. The highest BCUT2D eigenvalue weighted by Gasteiger charge is 2.51. The Balaban J connectivity index is 1.18. The third-order valence-electron chi connectivity index (χ3n) is 18.5. The van der Waals surface area contributed by atoms with Crippen molar-refractivity contribution < 1.29 is 0 Å². The molecule has 0 radical (unpaired) electrons. The molecule has 1 saturated carbocycles. The van der Waals surface area contributed by atoms with Crippen LogP contribution in [0.4, 0.5) is 34.1 Å². The van der Waals surface area contributed by atoms with Crippen molar-refractivity contribution in [1.82, 2.24) is 0 Å². The normalized spacial score (nSPS) is 25.0. The highest BCUT2D eigenvalue weighted by molar-refractivity contribution is 7.33. The summed E-state index contributed by atoms with van der Waals surface area (Å²) in [5.74, 6) is 0. The van der Waals surface area contributed by atoms with Crippen molar-refractivity contribution in [3.63, 3.8) is 0 Å². The molecule has 64 heavy (non-hydrogen) atoms. The Bertz CT molecular complexity index is 2980. The molecule has 0 N–H and O–H groups in total. The van der Waals surface area contributed by atoms with Gasteiger partial charge in [-0.1, -0.05) is 120 Å². The molecule has 328 valence electrons. The van der Waals surface area contributed by atoms with Crippen LogP contribution in [-0.2, 0) is 37.9 Å². The first-order valence-electron chi connectivity index (χ1n) is 24.8. The third-order valence-corrected chi connectivity index (χ3v) is 19.7. The lowest BCUT2D eigenvalue weighted by molar-refractivity contribution is 0.188. The molecular formula is C60H69BN2S. The molecule has 0 spiro atoms. The highest BCUT2D eigenvalue weighted by Crippen LogP contribution is 2.59. The smallest absolute Gasteiger partial charge is 0.264 e. The Kier molecular flexibility index (Phi) is 8.22. The quantitative estimate of drug-likeness (QED) is 0.160. The van der Waals surface area contributed by atoms with Gasteiger partial charge < -0.3 is 9.80 Å². The van der Waals surface area contributed by atoms with Crippen molar-refractivity contribution >= 4 is 78.0 Å². The van der Waals surface area contributed by atoms with Gasteiger partial charge in [0.15, 0.2) is 0 Å². The Morgan fingerprint density at radius 2 is 1.00 bits per heavy atom. The molecule has 0 atom stereocenters. The molecule has 0 saturated heterocycles. The van der Waals surface area contributed by atoms with E-state index in [1.165, 1.54) is 134 Å². The Hall–Kier alpha value is -4.28. The lowest BCUT2D eigenvalue weighted by Gasteiger charge is -2.52. The van der Waals surface area contributed by atoms with Crippen molar-refractivity contribution in [2.24, 2.45) is 0 Å². The van der Waals surface area contributed by atoms with Crippen LogP contribution >= 0.6 is 11.3 Å². The van der Waals surface area contributed by atoms with Gasteiger partial charge in [0.05, 0.1) is 5.69 Å². The van der Waals surface area contributed by atoms with Crippen LogP contribution < -0.4 is 25.5 Å². The zero-order chi connectivity index (χ0) is 44.9. The van der Waals surface area contributed by atoms with E-state index >= 15 is 0 Å². The summed E-state index contributed by atoms with van der Waals surface area (Å²) in [6, 6.07) is 35.2. The van der Waals surface area contributed by atoms with Crippen LogP contribution in [0.25, 0.3) is 10.1 Å². The summed E-state index contributed by atoms with van der Waals surface area (Å²) in [7, 11) is 0. The second kappa shape index (κ2) is 12.8.